The lowest BCUT2D eigenvalue weighted by atomic mass is 9.96. The smallest absolute Gasteiger partial charge is 0.251 e. The molecule has 0 amide bonds. The zero-order valence-electron chi connectivity index (χ0n) is 13.5. The number of halogens is 4. The molecule has 0 spiro atoms. The standard InChI is InChI=1S/C18H17ClF3N3/c19-17-23-15-13(11-1-3-12(20)4-2-11)5-6-14(15)16(24-17)25-9-7-18(21,22)8-10-25/h1-4,13H,5-10H2. The molecular weight excluding hydrogens is 351 g/mol. The predicted molar refractivity (Wildman–Crippen MR) is 90.0 cm³/mol. The lowest BCUT2D eigenvalue weighted by Gasteiger charge is -2.33. The van der Waals surface area contributed by atoms with Gasteiger partial charge in [0.25, 0.3) is 5.92 Å². The largest absolute Gasteiger partial charge is 0.356 e. The summed E-state index contributed by atoms with van der Waals surface area (Å²) in [4.78, 5) is 10.6. The highest BCUT2D eigenvalue weighted by Crippen LogP contribution is 2.42. The minimum Gasteiger partial charge on any atom is -0.356 e. The Hall–Kier alpha value is -1.82. The van der Waals surface area contributed by atoms with Crippen LogP contribution in [-0.4, -0.2) is 29.0 Å². The summed E-state index contributed by atoms with van der Waals surface area (Å²) < 4.78 is 40.1. The van der Waals surface area contributed by atoms with E-state index in [0.717, 1.165) is 29.7 Å². The van der Waals surface area contributed by atoms with E-state index in [0.29, 0.717) is 5.82 Å². The normalized spacial score (nSPS) is 22.1. The molecule has 1 aromatic heterocycles. The first-order valence-corrected chi connectivity index (χ1v) is 8.75. The lowest BCUT2D eigenvalue weighted by Crippen LogP contribution is -2.40. The van der Waals surface area contributed by atoms with Gasteiger partial charge >= 0.3 is 0 Å². The van der Waals surface area contributed by atoms with Crippen molar-refractivity contribution < 1.29 is 13.2 Å². The van der Waals surface area contributed by atoms with E-state index in [4.69, 9.17) is 11.6 Å². The number of alkyl halides is 2. The number of fused-ring (bicyclic) bond motifs is 1. The van der Waals surface area contributed by atoms with Crippen LogP contribution in [0.4, 0.5) is 19.0 Å². The molecule has 0 radical (unpaired) electrons. The first kappa shape index (κ1) is 16.6. The molecule has 25 heavy (non-hydrogen) atoms. The number of hydrogen-bond acceptors (Lipinski definition) is 3. The Balaban J connectivity index is 1.68. The summed E-state index contributed by atoms with van der Waals surface area (Å²) in [6, 6.07) is 6.38. The average molecular weight is 368 g/mol. The van der Waals surface area contributed by atoms with Gasteiger partial charge in [-0.25, -0.2) is 23.1 Å². The highest BCUT2D eigenvalue weighted by atomic mass is 35.5. The summed E-state index contributed by atoms with van der Waals surface area (Å²) in [5.41, 5.74) is 2.79. The molecule has 4 rings (SSSR count). The second-order valence-electron chi connectivity index (χ2n) is 6.67. The molecule has 1 aliphatic carbocycles. The molecule has 0 N–H and O–H groups in total. The molecule has 1 saturated heterocycles. The van der Waals surface area contributed by atoms with E-state index in [1.807, 2.05) is 4.90 Å². The van der Waals surface area contributed by atoms with Crippen molar-refractivity contribution in [3.05, 3.63) is 52.2 Å². The molecule has 1 atom stereocenters. The SMILES string of the molecule is Fc1ccc(C2CCc3c2nc(Cl)nc3N2CCC(F)(F)CC2)cc1. The summed E-state index contributed by atoms with van der Waals surface area (Å²) >= 11 is 6.12. The molecule has 0 saturated carbocycles. The number of anilines is 1. The summed E-state index contributed by atoms with van der Waals surface area (Å²) in [7, 11) is 0. The van der Waals surface area contributed by atoms with Gasteiger partial charge in [-0.1, -0.05) is 12.1 Å². The summed E-state index contributed by atoms with van der Waals surface area (Å²) in [5.74, 6) is -2.18. The van der Waals surface area contributed by atoms with Gasteiger partial charge in [-0.2, -0.15) is 0 Å². The van der Waals surface area contributed by atoms with Crippen molar-refractivity contribution in [3.8, 4) is 0 Å². The Morgan fingerprint density at radius 2 is 1.76 bits per heavy atom. The minimum atomic E-state index is -2.60. The van der Waals surface area contributed by atoms with Gasteiger partial charge in [0.05, 0.1) is 5.69 Å². The topological polar surface area (TPSA) is 29.0 Å². The molecular formula is C18H17ClF3N3. The Labute approximate surface area is 148 Å². The van der Waals surface area contributed by atoms with Gasteiger partial charge in [0.15, 0.2) is 0 Å². The van der Waals surface area contributed by atoms with Crippen LogP contribution in [0.5, 0.6) is 0 Å². The van der Waals surface area contributed by atoms with E-state index >= 15 is 0 Å². The van der Waals surface area contributed by atoms with E-state index in [9.17, 15) is 13.2 Å². The van der Waals surface area contributed by atoms with Crippen molar-refractivity contribution in [2.45, 2.75) is 37.5 Å². The molecule has 3 nitrogen and oxygen atoms in total. The molecule has 2 heterocycles. The van der Waals surface area contributed by atoms with Crippen molar-refractivity contribution in [2.75, 3.05) is 18.0 Å². The highest BCUT2D eigenvalue weighted by Gasteiger charge is 2.37. The Bertz CT molecular complexity index is 785. The maximum absolute atomic E-state index is 13.4. The number of hydrogen-bond donors (Lipinski definition) is 0. The summed E-state index contributed by atoms with van der Waals surface area (Å²) in [5, 5.41) is 0.125. The number of benzene rings is 1. The molecule has 1 aromatic carbocycles. The van der Waals surface area contributed by atoms with E-state index in [2.05, 4.69) is 9.97 Å². The second-order valence-corrected chi connectivity index (χ2v) is 7.00. The van der Waals surface area contributed by atoms with E-state index in [-0.39, 0.29) is 42.9 Å². The Morgan fingerprint density at radius 1 is 1.08 bits per heavy atom. The van der Waals surface area contributed by atoms with Crippen molar-refractivity contribution in [3.63, 3.8) is 0 Å². The second kappa shape index (κ2) is 6.16. The summed E-state index contributed by atoms with van der Waals surface area (Å²) in [6.45, 7) is 0.516. The van der Waals surface area contributed by atoms with Crippen LogP contribution >= 0.6 is 11.6 Å². The molecule has 132 valence electrons. The maximum atomic E-state index is 13.4. The van der Waals surface area contributed by atoms with E-state index < -0.39 is 5.92 Å². The minimum absolute atomic E-state index is 0.0288. The fraction of sp³-hybridized carbons (Fsp3) is 0.444. The van der Waals surface area contributed by atoms with Gasteiger partial charge < -0.3 is 4.90 Å². The third kappa shape index (κ3) is 3.19. The monoisotopic (exact) mass is 367 g/mol. The molecule has 2 aliphatic rings. The first-order chi connectivity index (χ1) is 11.9. The van der Waals surface area contributed by atoms with Crippen LogP contribution in [0.2, 0.25) is 5.28 Å². The first-order valence-electron chi connectivity index (χ1n) is 8.37. The van der Waals surface area contributed by atoms with Crippen LogP contribution < -0.4 is 4.90 Å². The van der Waals surface area contributed by atoms with Gasteiger partial charge in [0.2, 0.25) is 5.28 Å². The van der Waals surface area contributed by atoms with Gasteiger partial charge in [-0.15, -0.1) is 0 Å². The Kier molecular flexibility index (Phi) is 4.10. The van der Waals surface area contributed by atoms with Crippen LogP contribution in [0.1, 0.15) is 42.0 Å². The van der Waals surface area contributed by atoms with Gasteiger partial charge in [-0.3, -0.25) is 0 Å². The molecule has 7 heteroatoms. The summed E-state index contributed by atoms with van der Waals surface area (Å²) in [6.07, 6.45) is 1.24. The molecule has 1 unspecified atom stereocenters. The average Bonchev–Trinajstić information content (AvgIpc) is 2.99. The molecule has 1 fully saturated rings. The van der Waals surface area contributed by atoms with Crippen molar-refractivity contribution in [1.82, 2.24) is 9.97 Å². The number of aromatic nitrogens is 2. The van der Waals surface area contributed by atoms with Gasteiger partial charge in [0.1, 0.15) is 11.6 Å². The van der Waals surface area contributed by atoms with Crippen LogP contribution in [0, 0.1) is 5.82 Å². The zero-order chi connectivity index (χ0) is 17.6. The number of rotatable bonds is 2. The lowest BCUT2D eigenvalue weighted by molar-refractivity contribution is -0.0221. The van der Waals surface area contributed by atoms with Crippen LogP contribution in [0.15, 0.2) is 24.3 Å². The number of piperidine rings is 1. The van der Waals surface area contributed by atoms with Crippen LogP contribution in [-0.2, 0) is 6.42 Å². The predicted octanol–water partition coefficient (Wildman–Crippen LogP) is 4.58. The third-order valence-electron chi connectivity index (χ3n) is 5.07. The Morgan fingerprint density at radius 3 is 2.44 bits per heavy atom. The van der Waals surface area contributed by atoms with Crippen molar-refractivity contribution in [2.24, 2.45) is 0 Å². The van der Waals surface area contributed by atoms with Crippen LogP contribution in [0.3, 0.4) is 0 Å². The maximum Gasteiger partial charge on any atom is 0.251 e. The van der Waals surface area contributed by atoms with E-state index in [1.54, 1.807) is 12.1 Å². The fourth-order valence-corrected chi connectivity index (χ4v) is 3.91. The molecule has 1 aliphatic heterocycles. The molecule has 0 bridgehead atoms. The van der Waals surface area contributed by atoms with Crippen molar-refractivity contribution in [1.29, 1.82) is 0 Å². The van der Waals surface area contributed by atoms with E-state index in [1.165, 1.54) is 12.1 Å². The van der Waals surface area contributed by atoms with Gasteiger partial charge in [0, 0.05) is 37.4 Å². The zero-order valence-corrected chi connectivity index (χ0v) is 14.2. The highest BCUT2D eigenvalue weighted by molar-refractivity contribution is 6.28. The van der Waals surface area contributed by atoms with Crippen LogP contribution in [0.25, 0.3) is 0 Å². The third-order valence-corrected chi connectivity index (χ3v) is 5.24. The quantitative estimate of drug-likeness (QED) is 0.727. The van der Waals surface area contributed by atoms with Gasteiger partial charge in [-0.05, 0) is 42.1 Å². The fourth-order valence-electron chi connectivity index (χ4n) is 3.74. The number of nitrogens with zero attached hydrogens (tertiary/aromatic N) is 3. The van der Waals surface area contributed by atoms with Crippen molar-refractivity contribution >= 4 is 17.4 Å². The molecule has 2 aromatic rings.